The monoisotopic (exact) mass is 310 g/mol. The van der Waals surface area contributed by atoms with Gasteiger partial charge in [0.15, 0.2) is 0 Å². The summed E-state index contributed by atoms with van der Waals surface area (Å²) in [6.45, 7) is 0.610. The van der Waals surface area contributed by atoms with Gasteiger partial charge < -0.3 is 15.7 Å². The number of amides is 1. The predicted molar refractivity (Wildman–Crippen MR) is 82.0 cm³/mol. The molecule has 106 valence electrons. The molecule has 6 heteroatoms. The van der Waals surface area contributed by atoms with Gasteiger partial charge in [0.25, 0.3) is 0 Å². The Bertz CT molecular complexity index is 573. The van der Waals surface area contributed by atoms with Gasteiger partial charge in [0.05, 0.1) is 30.4 Å². The van der Waals surface area contributed by atoms with Crippen molar-refractivity contribution in [3.63, 3.8) is 0 Å². The van der Waals surface area contributed by atoms with E-state index in [1.165, 1.54) is 0 Å². The van der Waals surface area contributed by atoms with Crippen molar-refractivity contribution < 1.29 is 9.90 Å². The first kappa shape index (κ1) is 14.8. The minimum atomic E-state index is -0.108. The molecule has 0 aliphatic heterocycles. The lowest BCUT2D eigenvalue weighted by Crippen LogP contribution is -2.29. The summed E-state index contributed by atoms with van der Waals surface area (Å²) >= 11 is 7.62. The fourth-order valence-electron chi connectivity index (χ4n) is 1.64. The molecule has 4 nitrogen and oxygen atoms in total. The smallest absolute Gasteiger partial charge is 0.239 e. The lowest BCUT2D eigenvalue weighted by Gasteiger charge is -2.10. The first-order valence-electron chi connectivity index (χ1n) is 6.11. The van der Waals surface area contributed by atoms with Crippen LogP contribution >= 0.6 is 22.9 Å². The molecule has 0 aliphatic carbocycles. The van der Waals surface area contributed by atoms with Gasteiger partial charge in [0.2, 0.25) is 5.91 Å². The normalized spacial score (nSPS) is 10.3. The molecule has 0 aliphatic rings. The summed E-state index contributed by atoms with van der Waals surface area (Å²) in [5, 5.41) is 17.4. The second-order valence-electron chi connectivity index (χ2n) is 4.18. The molecule has 2 rings (SSSR count). The van der Waals surface area contributed by atoms with Crippen LogP contribution in [0.3, 0.4) is 0 Å². The van der Waals surface area contributed by atoms with E-state index in [-0.39, 0.29) is 19.1 Å². The molecule has 0 bridgehead atoms. The average molecular weight is 311 g/mol. The van der Waals surface area contributed by atoms with Crippen molar-refractivity contribution in [1.82, 2.24) is 5.32 Å². The zero-order valence-corrected chi connectivity index (χ0v) is 12.3. The summed E-state index contributed by atoms with van der Waals surface area (Å²) in [5.74, 6) is -0.108. The zero-order valence-electron chi connectivity index (χ0n) is 10.7. The van der Waals surface area contributed by atoms with Crippen molar-refractivity contribution in [3.8, 4) is 0 Å². The van der Waals surface area contributed by atoms with E-state index in [9.17, 15) is 4.79 Å². The summed E-state index contributed by atoms with van der Waals surface area (Å²) in [5.41, 5.74) is 1.39. The first-order valence-corrected chi connectivity index (χ1v) is 7.37. The molecular weight excluding hydrogens is 296 g/mol. The van der Waals surface area contributed by atoms with Gasteiger partial charge in [-0.3, -0.25) is 4.79 Å². The number of anilines is 1. The molecule has 0 saturated carbocycles. The number of hydrogen-bond donors (Lipinski definition) is 3. The molecule has 2 aromatic rings. The molecule has 1 amide bonds. The van der Waals surface area contributed by atoms with Gasteiger partial charge in [-0.25, -0.2) is 0 Å². The highest BCUT2D eigenvalue weighted by molar-refractivity contribution is 7.09. The van der Waals surface area contributed by atoms with Crippen LogP contribution < -0.4 is 10.6 Å². The van der Waals surface area contributed by atoms with E-state index in [2.05, 4.69) is 10.6 Å². The van der Waals surface area contributed by atoms with Crippen molar-refractivity contribution >= 4 is 34.5 Å². The topological polar surface area (TPSA) is 61.4 Å². The highest BCUT2D eigenvalue weighted by Gasteiger charge is 2.05. The minimum absolute atomic E-state index is 0.0591. The van der Waals surface area contributed by atoms with Crippen LogP contribution in [0.25, 0.3) is 0 Å². The Hall–Kier alpha value is -1.56. The molecule has 1 aromatic carbocycles. The number of benzene rings is 1. The highest BCUT2D eigenvalue weighted by atomic mass is 35.5. The van der Waals surface area contributed by atoms with Crippen molar-refractivity contribution in [3.05, 3.63) is 51.2 Å². The minimum Gasteiger partial charge on any atom is -0.392 e. The molecule has 0 saturated heterocycles. The van der Waals surface area contributed by atoms with Crippen molar-refractivity contribution in [2.75, 3.05) is 11.9 Å². The fourth-order valence-corrected chi connectivity index (χ4v) is 2.47. The summed E-state index contributed by atoms with van der Waals surface area (Å²) in [4.78, 5) is 12.8. The van der Waals surface area contributed by atoms with Crippen LogP contribution in [-0.4, -0.2) is 17.6 Å². The lowest BCUT2D eigenvalue weighted by molar-refractivity contribution is -0.119. The van der Waals surface area contributed by atoms with E-state index >= 15 is 0 Å². The molecule has 0 unspecified atom stereocenters. The average Bonchev–Trinajstić information content (AvgIpc) is 2.97. The van der Waals surface area contributed by atoms with Crippen LogP contribution in [0.1, 0.15) is 10.4 Å². The number of thiophene rings is 1. The molecule has 20 heavy (non-hydrogen) atoms. The van der Waals surface area contributed by atoms with Crippen LogP contribution in [0.15, 0.2) is 35.7 Å². The van der Waals surface area contributed by atoms with E-state index in [0.717, 1.165) is 10.4 Å². The quantitative estimate of drug-likeness (QED) is 0.768. The summed E-state index contributed by atoms with van der Waals surface area (Å²) < 4.78 is 0. The SMILES string of the molecule is O=C(CNc1cc(CO)ccc1Cl)NCc1cccs1. The van der Waals surface area contributed by atoms with Crippen LogP contribution in [0.2, 0.25) is 5.02 Å². The summed E-state index contributed by atoms with van der Waals surface area (Å²) in [6.07, 6.45) is 0. The number of aliphatic hydroxyl groups is 1. The van der Waals surface area contributed by atoms with Crippen LogP contribution in [0.4, 0.5) is 5.69 Å². The maximum absolute atomic E-state index is 11.7. The molecule has 3 N–H and O–H groups in total. The van der Waals surface area contributed by atoms with E-state index in [4.69, 9.17) is 16.7 Å². The number of nitrogens with one attached hydrogen (secondary N) is 2. The molecule has 1 heterocycles. The van der Waals surface area contributed by atoms with Crippen LogP contribution in [0.5, 0.6) is 0 Å². The maximum atomic E-state index is 11.7. The molecule has 1 aromatic heterocycles. The van der Waals surface area contributed by atoms with Crippen molar-refractivity contribution in [2.24, 2.45) is 0 Å². The molecule has 0 fully saturated rings. The third-order valence-electron chi connectivity index (χ3n) is 2.69. The maximum Gasteiger partial charge on any atom is 0.239 e. The molecule has 0 radical (unpaired) electrons. The lowest BCUT2D eigenvalue weighted by atomic mass is 10.2. The Balaban J connectivity index is 1.83. The highest BCUT2D eigenvalue weighted by Crippen LogP contribution is 2.22. The Morgan fingerprint density at radius 2 is 2.20 bits per heavy atom. The predicted octanol–water partition coefficient (Wildman–Crippen LogP) is 2.62. The summed E-state index contributed by atoms with van der Waals surface area (Å²) in [7, 11) is 0. The van der Waals surface area contributed by atoms with Gasteiger partial charge in [-0.2, -0.15) is 0 Å². The standard InChI is InChI=1S/C14H15ClN2O2S/c15-12-4-3-10(9-18)6-13(12)16-8-14(19)17-7-11-2-1-5-20-11/h1-6,16,18H,7-9H2,(H,17,19). The van der Waals surface area contributed by atoms with Crippen molar-refractivity contribution in [2.45, 2.75) is 13.2 Å². The zero-order chi connectivity index (χ0) is 14.4. The van der Waals surface area contributed by atoms with Gasteiger partial charge in [-0.1, -0.05) is 23.7 Å². The van der Waals surface area contributed by atoms with Gasteiger partial charge in [-0.15, -0.1) is 11.3 Å². The van der Waals surface area contributed by atoms with Crippen LogP contribution in [0, 0.1) is 0 Å². The number of hydrogen-bond acceptors (Lipinski definition) is 4. The van der Waals surface area contributed by atoms with E-state index in [0.29, 0.717) is 17.3 Å². The van der Waals surface area contributed by atoms with Gasteiger partial charge >= 0.3 is 0 Å². The Morgan fingerprint density at radius 3 is 2.90 bits per heavy atom. The van der Waals surface area contributed by atoms with E-state index in [1.54, 1.807) is 29.5 Å². The van der Waals surface area contributed by atoms with Gasteiger partial charge in [0, 0.05) is 4.88 Å². The van der Waals surface area contributed by atoms with Crippen LogP contribution in [-0.2, 0) is 17.9 Å². The number of rotatable bonds is 6. The molecule has 0 spiro atoms. The van der Waals surface area contributed by atoms with Gasteiger partial charge in [-0.05, 0) is 29.1 Å². The Kier molecular flexibility index (Phi) is 5.40. The van der Waals surface area contributed by atoms with Gasteiger partial charge in [0.1, 0.15) is 0 Å². The Labute approximate surface area is 126 Å². The fraction of sp³-hybridized carbons (Fsp3) is 0.214. The first-order chi connectivity index (χ1) is 9.69. The van der Waals surface area contributed by atoms with E-state index in [1.807, 2.05) is 17.5 Å². The number of carbonyl (C=O) groups excluding carboxylic acids is 1. The largest absolute Gasteiger partial charge is 0.392 e. The van der Waals surface area contributed by atoms with E-state index < -0.39 is 0 Å². The second kappa shape index (κ2) is 7.28. The summed E-state index contributed by atoms with van der Waals surface area (Å²) in [6, 6.07) is 9.09. The number of halogens is 1. The number of aliphatic hydroxyl groups excluding tert-OH is 1. The third kappa shape index (κ3) is 4.23. The van der Waals surface area contributed by atoms with Crippen molar-refractivity contribution in [1.29, 1.82) is 0 Å². The second-order valence-corrected chi connectivity index (χ2v) is 5.62. The third-order valence-corrected chi connectivity index (χ3v) is 3.90. The number of carbonyl (C=O) groups is 1. The molecular formula is C14H15ClN2O2S. The Morgan fingerprint density at radius 1 is 1.35 bits per heavy atom. The molecule has 0 atom stereocenters.